The lowest BCUT2D eigenvalue weighted by Crippen LogP contribution is -2.51. The molecule has 0 radical (unpaired) electrons. The fourth-order valence-corrected chi connectivity index (χ4v) is 2.31. The molecule has 1 unspecified atom stereocenters. The maximum absolute atomic E-state index is 11.8. The van der Waals surface area contributed by atoms with Crippen molar-refractivity contribution in [3.8, 4) is 0 Å². The SMILES string of the molecule is CSCCC(NC(=O)[C@H]1CCCCN1)C(=O)O. The number of aliphatic carboxylic acids is 1. The third-order valence-corrected chi connectivity index (χ3v) is 3.50. The van der Waals surface area contributed by atoms with E-state index in [2.05, 4.69) is 10.6 Å². The number of carbonyl (C=O) groups is 2. The minimum atomic E-state index is -0.955. The van der Waals surface area contributed by atoms with Crippen LogP contribution in [0.5, 0.6) is 0 Å². The summed E-state index contributed by atoms with van der Waals surface area (Å²) in [4.78, 5) is 22.8. The average molecular weight is 260 g/mol. The molecule has 1 amide bonds. The number of carbonyl (C=O) groups excluding carboxylic acids is 1. The third-order valence-electron chi connectivity index (χ3n) is 2.85. The Labute approximate surface area is 106 Å². The lowest BCUT2D eigenvalue weighted by molar-refractivity contribution is -0.142. The quantitative estimate of drug-likeness (QED) is 0.646. The van der Waals surface area contributed by atoms with Crippen molar-refractivity contribution in [1.82, 2.24) is 10.6 Å². The van der Waals surface area contributed by atoms with E-state index in [0.29, 0.717) is 6.42 Å². The van der Waals surface area contributed by atoms with E-state index in [-0.39, 0.29) is 11.9 Å². The molecule has 0 aromatic carbocycles. The van der Waals surface area contributed by atoms with Crippen molar-refractivity contribution < 1.29 is 14.7 Å². The Balaban J connectivity index is 2.42. The van der Waals surface area contributed by atoms with Gasteiger partial charge in [-0.25, -0.2) is 4.79 Å². The Morgan fingerprint density at radius 2 is 2.29 bits per heavy atom. The molecule has 1 rings (SSSR count). The van der Waals surface area contributed by atoms with Gasteiger partial charge in [0.2, 0.25) is 5.91 Å². The number of carboxylic acid groups (broad SMARTS) is 1. The second-order valence-corrected chi connectivity index (χ2v) is 5.17. The van der Waals surface area contributed by atoms with Gasteiger partial charge in [0.25, 0.3) is 0 Å². The van der Waals surface area contributed by atoms with Crippen molar-refractivity contribution >= 4 is 23.6 Å². The van der Waals surface area contributed by atoms with Gasteiger partial charge in [0.15, 0.2) is 0 Å². The number of nitrogens with one attached hydrogen (secondary N) is 2. The van der Waals surface area contributed by atoms with Crippen molar-refractivity contribution in [2.75, 3.05) is 18.6 Å². The van der Waals surface area contributed by atoms with Crippen LogP contribution in [0.25, 0.3) is 0 Å². The number of carboxylic acids is 1. The Morgan fingerprint density at radius 3 is 2.82 bits per heavy atom. The number of thioether (sulfide) groups is 1. The topological polar surface area (TPSA) is 78.4 Å². The van der Waals surface area contributed by atoms with Gasteiger partial charge in [0.05, 0.1) is 6.04 Å². The molecule has 0 aromatic rings. The third kappa shape index (κ3) is 4.95. The normalized spacial score (nSPS) is 21.8. The van der Waals surface area contributed by atoms with Crippen molar-refractivity contribution in [2.45, 2.75) is 37.8 Å². The van der Waals surface area contributed by atoms with Crippen LogP contribution in [0.3, 0.4) is 0 Å². The first-order chi connectivity index (χ1) is 8.15. The molecule has 98 valence electrons. The minimum Gasteiger partial charge on any atom is -0.480 e. The van der Waals surface area contributed by atoms with Crippen LogP contribution in [0.4, 0.5) is 0 Å². The van der Waals surface area contributed by atoms with Crippen LogP contribution in [0.1, 0.15) is 25.7 Å². The van der Waals surface area contributed by atoms with Gasteiger partial charge in [-0.2, -0.15) is 11.8 Å². The smallest absolute Gasteiger partial charge is 0.326 e. The molecule has 5 nitrogen and oxygen atoms in total. The number of piperidine rings is 1. The van der Waals surface area contributed by atoms with Gasteiger partial charge in [-0.1, -0.05) is 6.42 Å². The highest BCUT2D eigenvalue weighted by Crippen LogP contribution is 2.08. The van der Waals surface area contributed by atoms with E-state index in [0.717, 1.165) is 31.6 Å². The molecular formula is C11H20N2O3S. The molecular weight excluding hydrogens is 240 g/mol. The van der Waals surface area contributed by atoms with E-state index in [1.54, 1.807) is 11.8 Å². The predicted octanol–water partition coefficient (Wildman–Crippen LogP) is 0.451. The molecule has 6 heteroatoms. The van der Waals surface area contributed by atoms with Gasteiger partial charge in [0.1, 0.15) is 6.04 Å². The summed E-state index contributed by atoms with van der Waals surface area (Å²) < 4.78 is 0. The summed E-state index contributed by atoms with van der Waals surface area (Å²) in [5, 5.41) is 14.7. The molecule has 2 atom stereocenters. The van der Waals surface area contributed by atoms with Gasteiger partial charge in [-0.3, -0.25) is 4.79 Å². The Hall–Kier alpha value is -0.750. The molecule has 1 heterocycles. The Bertz CT molecular complexity index is 267. The molecule has 0 aliphatic carbocycles. The summed E-state index contributed by atoms with van der Waals surface area (Å²) in [5.74, 6) is -0.406. The molecule has 1 saturated heterocycles. The maximum atomic E-state index is 11.8. The van der Waals surface area contributed by atoms with E-state index in [1.807, 2.05) is 6.26 Å². The second kappa shape index (κ2) is 7.55. The van der Waals surface area contributed by atoms with Crippen molar-refractivity contribution in [3.63, 3.8) is 0 Å². The number of amides is 1. The molecule has 0 bridgehead atoms. The largest absolute Gasteiger partial charge is 0.480 e. The van der Waals surface area contributed by atoms with Crippen LogP contribution in [0.15, 0.2) is 0 Å². The van der Waals surface area contributed by atoms with Crippen LogP contribution >= 0.6 is 11.8 Å². The highest BCUT2D eigenvalue weighted by atomic mass is 32.2. The van der Waals surface area contributed by atoms with Crippen LogP contribution in [0, 0.1) is 0 Å². The first kappa shape index (κ1) is 14.3. The molecule has 0 spiro atoms. The van der Waals surface area contributed by atoms with E-state index in [1.165, 1.54) is 0 Å². The average Bonchev–Trinajstić information content (AvgIpc) is 2.35. The zero-order chi connectivity index (χ0) is 12.7. The monoisotopic (exact) mass is 260 g/mol. The Kier molecular flexibility index (Phi) is 6.36. The molecule has 1 aliphatic heterocycles. The van der Waals surface area contributed by atoms with Crippen LogP contribution in [-0.2, 0) is 9.59 Å². The molecule has 1 aliphatic rings. The minimum absolute atomic E-state index is 0.182. The fourth-order valence-electron chi connectivity index (χ4n) is 1.84. The first-order valence-electron chi connectivity index (χ1n) is 5.90. The van der Waals surface area contributed by atoms with Gasteiger partial charge in [-0.15, -0.1) is 0 Å². The van der Waals surface area contributed by atoms with Crippen molar-refractivity contribution in [1.29, 1.82) is 0 Å². The second-order valence-electron chi connectivity index (χ2n) is 4.18. The summed E-state index contributed by atoms with van der Waals surface area (Å²) in [6, 6.07) is -0.987. The molecule has 0 saturated carbocycles. The standard InChI is InChI=1S/C11H20N2O3S/c1-17-7-5-9(11(15)16)13-10(14)8-4-2-3-6-12-8/h8-9,12H,2-7H2,1H3,(H,13,14)(H,15,16)/t8-,9?/m1/s1. The fraction of sp³-hybridized carbons (Fsp3) is 0.818. The van der Waals surface area contributed by atoms with Crippen LogP contribution < -0.4 is 10.6 Å². The molecule has 17 heavy (non-hydrogen) atoms. The van der Waals surface area contributed by atoms with Crippen LogP contribution in [0.2, 0.25) is 0 Å². The number of hydrogen-bond acceptors (Lipinski definition) is 4. The van der Waals surface area contributed by atoms with E-state index in [4.69, 9.17) is 5.11 Å². The maximum Gasteiger partial charge on any atom is 0.326 e. The van der Waals surface area contributed by atoms with Gasteiger partial charge in [-0.05, 0) is 37.8 Å². The summed E-state index contributed by atoms with van der Waals surface area (Å²) in [6.45, 7) is 0.834. The zero-order valence-corrected chi connectivity index (χ0v) is 10.9. The van der Waals surface area contributed by atoms with Gasteiger partial charge < -0.3 is 15.7 Å². The Morgan fingerprint density at radius 1 is 1.53 bits per heavy atom. The first-order valence-corrected chi connectivity index (χ1v) is 7.30. The van der Waals surface area contributed by atoms with Gasteiger partial charge >= 0.3 is 5.97 Å². The van der Waals surface area contributed by atoms with E-state index >= 15 is 0 Å². The van der Waals surface area contributed by atoms with Gasteiger partial charge in [0, 0.05) is 0 Å². The number of rotatable bonds is 6. The predicted molar refractivity (Wildman–Crippen MR) is 68.2 cm³/mol. The summed E-state index contributed by atoms with van der Waals surface area (Å²) >= 11 is 1.58. The van der Waals surface area contributed by atoms with Crippen molar-refractivity contribution in [2.24, 2.45) is 0 Å². The molecule has 3 N–H and O–H groups in total. The number of hydrogen-bond donors (Lipinski definition) is 3. The molecule has 0 aromatic heterocycles. The lowest BCUT2D eigenvalue weighted by Gasteiger charge is -2.24. The lowest BCUT2D eigenvalue weighted by atomic mass is 10.0. The summed E-state index contributed by atoms with van der Waals surface area (Å²) in [7, 11) is 0. The van der Waals surface area contributed by atoms with Crippen molar-refractivity contribution in [3.05, 3.63) is 0 Å². The van der Waals surface area contributed by atoms with Crippen LogP contribution in [-0.4, -0.2) is 47.6 Å². The zero-order valence-electron chi connectivity index (χ0n) is 10.1. The van der Waals surface area contributed by atoms with E-state index in [9.17, 15) is 9.59 Å². The summed E-state index contributed by atoms with van der Waals surface area (Å²) in [6.07, 6.45) is 5.28. The highest BCUT2D eigenvalue weighted by molar-refractivity contribution is 7.98. The highest BCUT2D eigenvalue weighted by Gasteiger charge is 2.25. The van der Waals surface area contributed by atoms with E-state index < -0.39 is 12.0 Å². The summed E-state index contributed by atoms with van der Waals surface area (Å²) in [5.41, 5.74) is 0. The molecule has 1 fully saturated rings.